The number of carbonyl (C=O) groups excluding carboxylic acids is 1. The van der Waals surface area contributed by atoms with Gasteiger partial charge in [-0.2, -0.15) is 16.7 Å². The lowest BCUT2D eigenvalue weighted by Crippen LogP contribution is -2.38. The van der Waals surface area contributed by atoms with Crippen LogP contribution in [-0.4, -0.2) is 40.1 Å². The summed E-state index contributed by atoms with van der Waals surface area (Å²) >= 11 is 1.88. The Hall–Kier alpha value is -1.08. The minimum atomic E-state index is -0.222. The molecule has 0 aliphatic carbocycles. The molecule has 2 fully saturated rings. The average Bonchev–Trinajstić information content (AvgIpc) is 3.11. The van der Waals surface area contributed by atoms with Crippen LogP contribution in [0.25, 0.3) is 0 Å². The van der Waals surface area contributed by atoms with E-state index in [0.29, 0.717) is 5.89 Å². The van der Waals surface area contributed by atoms with Gasteiger partial charge in [0.15, 0.2) is 0 Å². The Morgan fingerprint density at radius 2 is 2.37 bits per heavy atom. The Labute approximate surface area is 116 Å². The Morgan fingerprint density at radius 1 is 1.42 bits per heavy atom. The predicted octanol–water partition coefficient (Wildman–Crippen LogP) is 1.12. The third-order valence-electron chi connectivity index (χ3n) is 3.50. The molecule has 2 aliphatic heterocycles. The van der Waals surface area contributed by atoms with E-state index in [0.717, 1.165) is 38.0 Å². The number of amides is 1. The van der Waals surface area contributed by atoms with Crippen molar-refractivity contribution in [2.24, 2.45) is 0 Å². The number of hydrogen-bond donors (Lipinski definition) is 2. The van der Waals surface area contributed by atoms with Gasteiger partial charge in [0.25, 0.3) is 11.7 Å². The van der Waals surface area contributed by atoms with E-state index in [2.05, 4.69) is 20.8 Å². The van der Waals surface area contributed by atoms with Crippen molar-refractivity contribution in [1.82, 2.24) is 20.8 Å². The largest absolute Gasteiger partial charge is 0.346 e. The summed E-state index contributed by atoms with van der Waals surface area (Å²) in [7, 11) is 0. The summed E-state index contributed by atoms with van der Waals surface area (Å²) < 4.78 is 5.17. The van der Waals surface area contributed by atoms with Gasteiger partial charge in [0.05, 0.1) is 6.04 Å². The first kappa shape index (κ1) is 12.9. The first-order valence-corrected chi connectivity index (χ1v) is 7.94. The quantitative estimate of drug-likeness (QED) is 0.865. The van der Waals surface area contributed by atoms with Gasteiger partial charge < -0.3 is 15.2 Å². The van der Waals surface area contributed by atoms with Crippen LogP contribution in [0.1, 0.15) is 48.2 Å². The van der Waals surface area contributed by atoms with Crippen molar-refractivity contribution in [3.63, 3.8) is 0 Å². The van der Waals surface area contributed by atoms with Crippen molar-refractivity contribution in [1.29, 1.82) is 0 Å². The first-order chi connectivity index (χ1) is 9.33. The van der Waals surface area contributed by atoms with Crippen molar-refractivity contribution in [3.05, 3.63) is 11.7 Å². The Bertz CT molecular complexity index is 439. The molecule has 0 radical (unpaired) electrons. The van der Waals surface area contributed by atoms with E-state index in [1.165, 1.54) is 5.75 Å². The summed E-state index contributed by atoms with van der Waals surface area (Å²) in [5.41, 5.74) is 0. The molecule has 104 valence electrons. The Morgan fingerprint density at radius 3 is 3.11 bits per heavy atom. The zero-order chi connectivity index (χ0) is 13.1. The fraction of sp³-hybridized carbons (Fsp3) is 0.750. The summed E-state index contributed by atoms with van der Waals surface area (Å²) in [6.07, 6.45) is 4.28. The molecule has 1 amide bonds. The maximum Gasteiger partial charge on any atom is 0.292 e. The smallest absolute Gasteiger partial charge is 0.292 e. The molecule has 3 rings (SSSR count). The summed E-state index contributed by atoms with van der Waals surface area (Å²) in [6, 6.07) is 0.345. The lowest BCUT2D eigenvalue weighted by Gasteiger charge is -2.21. The first-order valence-electron chi connectivity index (χ1n) is 6.78. The van der Waals surface area contributed by atoms with Crippen molar-refractivity contribution in [3.8, 4) is 0 Å². The van der Waals surface area contributed by atoms with Gasteiger partial charge in [0, 0.05) is 11.8 Å². The standard InChI is InChI=1S/C12H18N4O2S/c17-11(14-8-3-2-6-19-7-8)10-15-12(18-16-10)9-4-1-5-13-9/h8-9,13H,1-7H2,(H,14,17). The summed E-state index contributed by atoms with van der Waals surface area (Å²) in [5, 5.41) is 10.0. The molecule has 2 aliphatic rings. The molecule has 1 aromatic heterocycles. The SMILES string of the molecule is O=C(NC1CCCSC1)c1noc(C2CCCN2)n1. The van der Waals surface area contributed by atoms with E-state index in [4.69, 9.17) is 4.52 Å². The second-order valence-electron chi connectivity index (χ2n) is 4.99. The third-order valence-corrected chi connectivity index (χ3v) is 4.71. The Kier molecular flexibility index (Phi) is 4.03. The fourth-order valence-electron chi connectivity index (χ4n) is 2.47. The zero-order valence-corrected chi connectivity index (χ0v) is 11.5. The summed E-state index contributed by atoms with van der Waals surface area (Å²) in [5.74, 6) is 2.62. The molecule has 3 heterocycles. The monoisotopic (exact) mass is 282 g/mol. The van der Waals surface area contributed by atoms with Gasteiger partial charge in [-0.15, -0.1) is 0 Å². The third kappa shape index (κ3) is 3.09. The molecule has 0 bridgehead atoms. The second kappa shape index (κ2) is 5.92. The molecular formula is C12H18N4O2S. The minimum Gasteiger partial charge on any atom is -0.346 e. The van der Waals surface area contributed by atoms with Gasteiger partial charge >= 0.3 is 0 Å². The highest BCUT2D eigenvalue weighted by molar-refractivity contribution is 7.99. The molecule has 2 atom stereocenters. The van der Waals surface area contributed by atoms with Crippen LogP contribution in [0, 0.1) is 0 Å². The maximum absolute atomic E-state index is 12.0. The van der Waals surface area contributed by atoms with E-state index in [9.17, 15) is 4.79 Å². The van der Waals surface area contributed by atoms with Crippen LogP contribution >= 0.6 is 11.8 Å². The lowest BCUT2D eigenvalue weighted by atomic mass is 10.2. The van der Waals surface area contributed by atoms with Crippen molar-refractivity contribution in [2.45, 2.75) is 37.8 Å². The average molecular weight is 282 g/mol. The fourth-order valence-corrected chi connectivity index (χ4v) is 3.54. The predicted molar refractivity (Wildman–Crippen MR) is 72.1 cm³/mol. The normalized spacial score (nSPS) is 27.4. The molecule has 2 saturated heterocycles. The van der Waals surface area contributed by atoms with E-state index < -0.39 is 0 Å². The molecule has 1 aromatic rings. The van der Waals surface area contributed by atoms with Crippen LogP contribution < -0.4 is 10.6 Å². The van der Waals surface area contributed by atoms with Crippen molar-refractivity contribution >= 4 is 17.7 Å². The van der Waals surface area contributed by atoms with Crippen LogP contribution in [-0.2, 0) is 0 Å². The van der Waals surface area contributed by atoms with Crippen LogP contribution in [0.3, 0.4) is 0 Å². The highest BCUT2D eigenvalue weighted by Crippen LogP contribution is 2.21. The van der Waals surface area contributed by atoms with Gasteiger partial charge in [-0.3, -0.25) is 4.79 Å². The molecule has 0 spiro atoms. The van der Waals surface area contributed by atoms with Gasteiger partial charge in [-0.1, -0.05) is 5.16 Å². The van der Waals surface area contributed by atoms with Crippen LogP contribution in [0.4, 0.5) is 0 Å². The summed E-state index contributed by atoms with van der Waals surface area (Å²) in [6.45, 7) is 0.966. The van der Waals surface area contributed by atoms with Crippen LogP contribution in [0.15, 0.2) is 4.52 Å². The van der Waals surface area contributed by atoms with Crippen molar-refractivity contribution < 1.29 is 9.32 Å². The second-order valence-corrected chi connectivity index (χ2v) is 6.14. The number of hydrogen-bond acceptors (Lipinski definition) is 6. The van der Waals surface area contributed by atoms with Gasteiger partial charge in [0.2, 0.25) is 5.89 Å². The number of rotatable bonds is 3. The molecule has 0 saturated carbocycles. The number of carbonyl (C=O) groups is 1. The van der Waals surface area contributed by atoms with E-state index in [1.54, 1.807) is 0 Å². The van der Waals surface area contributed by atoms with E-state index >= 15 is 0 Å². The van der Waals surface area contributed by atoms with E-state index in [1.807, 2.05) is 11.8 Å². The van der Waals surface area contributed by atoms with Gasteiger partial charge in [-0.05, 0) is 38.0 Å². The van der Waals surface area contributed by atoms with E-state index in [-0.39, 0.29) is 23.8 Å². The molecule has 19 heavy (non-hydrogen) atoms. The molecule has 7 heteroatoms. The zero-order valence-electron chi connectivity index (χ0n) is 10.7. The number of aromatic nitrogens is 2. The topological polar surface area (TPSA) is 80.0 Å². The minimum absolute atomic E-state index is 0.110. The van der Waals surface area contributed by atoms with Crippen LogP contribution in [0.5, 0.6) is 0 Å². The summed E-state index contributed by atoms with van der Waals surface area (Å²) in [4.78, 5) is 16.2. The van der Waals surface area contributed by atoms with Crippen LogP contribution in [0.2, 0.25) is 0 Å². The van der Waals surface area contributed by atoms with Gasteiger partial charge in [-0.25, -0.2) is 0 Å². The number of thioether (sulfide) groups is 1. The number of nitrogens with one attached hydrogen (secondary N) is 2. The maximum atomic E-state index is 12.0. The lowest BCUT2D eigenvalue weighted by molar-refractivity contribution is 0.0925. The Balaban J connectivity index is 1.59. The molecule has 2 N–H and O–H groups in total. The molecule has 2 unspecified atom stereocenters. The molecular weight excluding hydrogens is 264 g/mol. The number of nitrogens with zero attached hydrogens (tertiary/aromatic N) is 2. The molecule has 6 nitrogen and oxygen atoms in total. The highest BCUT2D eigenvalue weighted by Gasteiger charge is 2.25. The molecule has 0 aromatic carbocycles. The van der Waals surface area contributed by atoms with Gasteiger partial charge in [0.1, 0.15) is 0 Å². The van der Waals surface area contributed by atoms with Crippen molar-refractivity contribution in [2.75, 3.05) is 18.1 Å². The highest BCUT2D eigenvalue weighted by atomic mass is 32.2.